The van der Waals surface area contributed by atoms with Crippen LogP contribution in [0.25, 0.3) is 0 Å². The summed E-state index contributed by atoms with van der Waals surface area (Å²) >= 11 is 0. The number of carbonyl (C=O) groups is 2. The molecule has 1 aromatic carbocycles. The summed E-state index contributed by atoms with van der Waals surface area (Å²) in [4.78, 5) is 31.2. The van der Waals surface area contributed by atoms with Gasteiger partial charge in [-0.25, -0.2) is 0 Å². The van der Waals surface area contributed by atoms with E-state index in [0.29, 0.717) is 18.7 Å². The second kappa shape index (κ2) is 10.6. The van der Waals surface area contributed by atoms with E-state index in [9.17, 15) is 9.59 Å². The minimum Gasteiger partial charge on any atom is -0.385 e. The van der Waals surface area contributed by atoms with Crippen LogP contribution in [0.4, 0.5) is 11.4 Å². The Morgan fingerprint density at radius 1 is 1.07 bits per heavy atom. The molecule has 0 radical (unpaired) electrons. The summed E-state index contributed by atoms with van der Waals surface area (Å²) in [5.41, 5.74) is 2.51. The molecule has 3 rings (SSSR count). The number of amides is 2. The Labute approximate surface area is 171 Å². The number of nitrogens with one attached hydrogen (secondary N) is 2. The Kier molecular flexibility index (Phi) is 7.58. The van der Waals surface area contributed by atoms with Crippen LogP contribution in [-0.2, 0) is 4.74 Å². The van der Waals surface area contributed by atoms with Gasteiger partial charge in [-0.3, -0.25) is 14.6 Å². The minimum absolute atomic E-state index is 0.218. The summed E-state index contributed by atoms with van der Waals surface area (Å²) in [6, 6.07) is 11.0. The lowest BCUT2D eigenvalue weighted by molar-refractivity contribution is 0.0943. The van der Waals surface area contributed by atoms with E-state index in [-0.39, 0.29) is 17.5 Å². The molecule has 7 nitrogen and oxygen atoms in total. The van der Waals surface area contributed by atoms with Crippen LogP contribution in [0.3, 0.4) is 0 Å². The van der Waals surface area contributed by atoms with Gasteiger partial charge in [-0.2, -0.15) is 0 Å². The van der Waals surface area contributed by atoms with E-state index in [2.05, 4.69) is 20.5 Å². The highest BCUT2D eigenvalue weighted by Gasteiger charge is 2.13. The molecule has 0 unspecified atom stereocenters. The van der Waals surface area contributed by atoms with Crippen molar-refractivity contribution in [3.63, 3.8) is 0 Å². The zero-order chi connectivity index (χ0) is 20.5. The molecule has 0 aliphatic carbocycles. The molecule has 0 saturated carbocycles. The number of pyridine rings is 1. The molecule has 0 spiro atoms. The highest BCUT2D eigenvalue weighted by Crippen LogP contribution is 2.22. The molecule has 1 aliphatic heterocycles. The summed E-state index contributed by atoms with van der Waals surface area (Å²) < 4.78 is 4.96. The first kappa shape index (κ1) is 20.8. The zero-order valence-corrected chi connectivity index (χ0v) is 16.8. The molecule has 7 heteroatoms. The zero-order valence-electron chi connectivity index (χ0n) is 16.8. The lowest BCUT2D eigenvalue weighted by atomic mass is 10.1. The smallest absolute Gasteiger partial charge is 0.269 e. The number of anilines is 2. The van der Waals surface area contributed by atoms with Crippen molar-refractivity contribution in [3.8, 4) is 0 Å². The molecule has 2 N–H and O–H groups in total. The SMILES string of the molecule is COCCCNC(=O)c1cc(C(=O)Nc2ccc(N3CCCCC3)cc2)ccn1. The molecule has 0 atom stereocenters. The predicted octanol–water partition coefficient (Wildman–Crippen LogP) is 3.09. The Morgan fingerprint density at radius 3 is 2.55 bits per heavy atom. The third-order valence-electron chi connectivity index (χ3n) is 4.91. The third kappa shape index (κ3) is 6.02. The van der Waals surface area contributed by atoms with Crippen molar-refractivity contribution in [2.75, 3.05) is 43.6 Å². The normalized spacial score (nSPS) is 13.8. The van der Waals surface area contributed by atoms with Crippen LogP contribution < -0.4 is 15.5 Å². The molecule has 154 valence electrons. The molecule has 2 heterocycles. The van der Waals surface area contributed by atoms with Gasteiger partial charge in [-0.05, 0) is 62.1 Å². The van der Waals surface area contributed by atoms with Crippen LogP contribution in [0.2, 0.25) is 0 Å². The maximum Gasteiger partial charge on any atom is 0.269 e. The summed E-state index contributed by atoms with van der Waals surface area (Å²) in [5.74, 6) is -0.576. The molecule has 1 aromatic heterocycles. The first-order chi connectivity index (χ1) is 14.2. The van der Waals surface area contributed by atoms with Gasteiger partial charge in [0, 0.05) is 56.5 Å². The summed E-state index contributed by atoms with van der Waals surface area (Å²) in [7, 11) is 1.62. The number of hydrogen-bond acceptors (Lipinski definition) is 5. The number of benzene rings is 1. The van der Waals surface area contributed by atoms with Gasteiger partial charge in [0.2, 0.25) is 0 Å². The highest BCUT2D eigenvalue weighted by molar-refractivity contribution is 6.05. The molecule has 0 bridgehead atoms. The molecular weight excluding hydrogens is 368 g/mol. The molecule has 29 heavy (non-hydrogen) atoms. The molecule has 2 amide bonds. The molecular formula is C22H28N4O3. The largest absolute Gasteiger partial charge is 0.385 e. The van der Waals surface area contributed by atoms with Gasteiger partial charge in [-0.15, -0.1) is 0 Å². The van der Waals surface area contributed by atoms with Crippen molar-refractivity contribution < 1.29 is 14.3 Å². The standard InChI is InChI=1S/C22H28N4O3/c1-29-15-5-11-24-22(28)20-16-17(10-12-23-20)21(27)25-18-6-8-19(9-7-18)26-13-3-2-4-14-26/h6-10,12,16H,2-5,11,13-15H2,1H3,(H,24,28)(H,25,27). The van der Waals surface area contributed by atoms with E-state index in [1.165, 1.54) is 37.2 Å². The fourth-order valence-corrected chi connectivity index (χ4v) is 3.32. The molecule has 2 aromatic rings. The number of piperidine rings is 1. The van der Waals surface area contributed by atoms with Gasteiger partial charge in [0.15, 0.2) is 0 Å². The number of hydrogen-bond donors (Lipinski definition) is 2. The second-order valence-corrected chi connectivity index (χ2v) is 7.08. The van der Waals surface area contributed by atoms with Crippen molar-refractivity contribution in [2.45, 2.75) is 25.7 Å². The van der Waals surface area contributed by atoms with Crippen LogP contribution >= 0.6 is 0 Å². The van der Waals surface area contributed by atoms with E-state index >= 15 is 0 Å². The lowest BCUT2D eigenvalue weighted by Crippen LogP contribution is -2.29. The maximum atomic E-state index is 12.6. The topological polar surface area (TPSA) is 83.6 Å². The van der Waals surface area contributed by atoms with Crippen molar-refractivity contribution in [2.24, 2.45) is 0 Å². The first-order valence-corrected chi connectivity index (χ1v) is 10.1. The molecule has 1 fully saturated rings. The van der Waals surface area contributed by atoms with E-state index in [1.807, 2.05) is 24.3 Å². The average molecular weight is 396 g/mol. The Balaban J connectivity index is 1.58. The fraction of sp³-hybridized carbons (Fsp3) is 0.409. The number of aromatic nitrogens is 1. The van der Waals surface area contributed by atoms with Crippen molar-refractivity contribution in [3.05, 3.63) is 53.9 Å². The van der Waals surface area contributed by atoms with Gasteiger partial charge in [0.1, 0.15) is 5.69 Å². The average Bonchev–Trinajstić information content (AvgIpc) is 2.78. The quantitative estimate of drug-likeness (QED) is 0.670. The Bertz CT molecular complexity index is 817. The fourth-order valence-electron chi connectivity index (χ4n) is 3.32. The van der Waals surface area contributed by atoms with Gasteiger partial charge < -0.3 is 20.3 Å². The van der Waals surface area contributed by atoms with Crippen LogP contribution in [0.15, 0.2) is 42.6 Å². The van der Waals surface area contributed by atoms with E-state index in [0.717, 1.165) is 25.2 Å². The van der Waals surface area contributed by atoms with Gasteiger partial charge in [0.25, 0.3) is 11.8 Å². The molecule has 1 saturated heterocycles. The number of carbonyl (C=O) groups excluding carboxylic acids is 2. The summed E-state index contributed by atoms with van der Waals surface area (Å²) in [5, 5.41) is 5.65. The highest BCUT2D eigenvalue weighted by atomic mass is 16.5. The number of nitrogens with zero attached hydrogens (tertiary/aromatic N) is 2. The lowest BCUT2D eigenvalue weighted by Gasteiger charge is -2.28. The van der Waals surface area contributed by atoms with Crippen molar-refractivity contribution in [1.82, 2.24) is 10.3 Å². The van der Waals surface area contributed by atoms with E-state index in [4.69, 9.17) is 4.74 Å². The van der Waals surface area contributed by atoms with Gasteiger partial charge >= 0.3 is 0 Å². The monoisotopic (exact) mass is 396 g/mol. The van der Waals surface area contributed by atoms with Gasteiger partial charge in [-0.1, -0.05) is 0 Å². The van der Waals surface area contributed by atoms with E-state index < -0.39 is 0 Å². The number of ether oxygens (including phenoxy) is 1. The minimum atomic E-state index is -0.304. The number of methoxy groups -OCH3 is 1. The van der Waals surface area contributed by atoms with Crippen LogP contribution in [0.1, 0.15) is 46.5 Å². The Hall–Kier alpha value is -2.93. The van der Waals surface area contributed by atoms with Crippen LogP contribution in [0.5, 0.6) is 0 Å². The van der Waals surface area contributed by atoms with E-state index in [1.54, 1.807) is 13.2 Å². The van der Waals surface area contributed by atoms with Crippen molar-refractivity contribution in [1.29, 1.82) is 0 Å². The maximum absolute atomic E-state index is 12.6. The van der Waals surface area contributed by atoms with Crippen LogP contribution in [0, 0.1) is 0 Å². The third-order valence-corrected chi connectivity index (χ3v) is 4.91. The summed E-state index contributed by atoms with van der Waals surface area (Å²) in [6.07, 6.45) is 5.93. The molecule has 1 aliphatic rings. The van der Waals surface area contributed by atoms with Gasteiger partial charge in [0.05, 0.1) is 0 Å². The van der Waals surface area contributed by atoms with Crippen molar-refractivity contribution >= 4 is 23.2 Å². The predicted molar refractivity (Wildman–Crippen MR) is 114 cm³/mol. The summed E-state index contributed by atoms with van der Waals surface area (Å²) in [6.45, 7) is 3.24. The second-order valence-electron chi connectivity index (χ2n) is 7.08. The first-order valence-electron chi connectivity index (χ1n) is 10.1. The van der Waals surface area contributed by atoms with Crippen LogP contribution in [-0.4, -0.2) is 50.1 Å². The Morgan fingerprint density at radius 2 is 1.83 bits per heavy atom. The number of rotatable bonds is 8.